The summed E-state index contributed by atoms with van der Waals surface area (Å²) in [4.78, 5) is 16.2. The van der Waals surface area contributed by atoms with Gasteiger partial charge < -0.3 is 9.15 Å². The average molecular weight is 313 g/mol. The molecule has 0 radical (unpaired) electrons. The third-order valence-corrected chi connectivity index (χ3v) is 4.34. The lowest BCUT2D eigenvalue weighted by atomic mass is 9.89. The molecule has 0 saturated heterocycles. The zero-order chi connectivity index (χ0) is 16.1. The number of ether oxygens (including phenoxy) is 1. The van der Waals surface area contributed by atoms with E-state index < -0.39 is 0 Å². The number of carbonyl (C=O) groups is 1. The smallest absolute Gasteiger partial charge is 0.306 e. The second-order valence-corrected chi connectivity index (χ2v) is 6.37. The molecule has 1 aromatic heterocycles. The molecule has 122 valence electrons. The maximum Gasteiger partial charge on any atom is 0.306 e. The molecule has 0 bridgehead atoms. The molecule has 0 aliphatic heterocycles. The van der Waals surface area contributed by atoms with Gasteiger partial charge in [0.15, 0.2) is 11.7 Å². The molecule has 3 rings (SSSR count). The normalized spacial score (nSPS) is 21.1. The fraction of sp³-hybridized carbons (Fsp3) is 0.474. The van der Waals surface area contributed by atoms with Crippen molar-refractivity contribution < 1.29 is 13.9 Å². The lowest BCUT2D eigenvalue weighted by molar-refractivity contribution is -0.151. The summed E-state index contributed by atoms with van der Waals surface area (Å²) < 4.78 is 11.3. The maximum absolute atomic E-state index is 12.0. The van der Waals surface area contributed by atoms with E-state index >= 15 is 0 Å². The first-order valence-corrected chi connectivity index (χ1v) is 8.40. The zero-order valence-corrected chi connectivity index (χ0v) is 13.5. The Bertz CT molecular complexity index is 635. The molecule has 2 atom stereocenters. The van der Waals surface area contributed by atoms with Crippen molar-refractivity contribution in [1.29, 1.82) is 0 Å². The first-order chi connectivity index (χ1) is 11.2. The first-order valence-electron chi connectivity index (χ1n) is 8.40. The fourth-order valence-electron chi connectivity index (χ4n) is 3.10. The minimum atomic E-state index is -0.149. The van der Waals surface area contributed by atoms with Gasteiger partial charge >= 0.3 is 5.97 Å². The van der Waals surface area contributed by atoms with Crippen LogP contribution in [0.3, 0.4) is 0 Å². The number of esters is 1. The predicted molar refractivity (Wildman–Crippen MR) is 87.8 cm³/mol. The number of carbonyl (C=O) groups excluding carboxylic acids is 1. The van der Waals surface area contributed by atoms with Crippen LogP contribution < -0.4 is 0 Å². The largest absolute Gasteiger partial charge is 0.462 e. The molecule has 23 heavy (non-hydrogen) atoms. The minimum Gasteiger partial charge on any atom is -0.462 e. The van der Waals surface area contributed by atoms with Gasteiger partial charge in [-0.1, -0.05) is 43.7 Å². The summed E-state index contributed by atoms with van der Waals surface area (Å²) >= 11 is 0. The van der Waals surface area contributed by atoms with Gasteiger partial charge in [0, 0.05) is 12.0 Å². The van der Waals surface area contributed by atoms with Crippen LogP contribution in [0, 0.1) is 5.92 Å². The fourth-order valence-corrected chi connectivity index (χ4v) is 3.10. The molecule has 1 fully saturated rings. The van der Waals surface area contributed by atoms with Gasteiger partial charge in [0.1, 0.15) is 6.10 Å². The summed E-state index contributed by atoms with van der Waals surface area (Å²) in [6, 6.07) is 9.83. The summed E-state index contributed by atoms with van der Waals surface area (Å²) in [5.41, 5.74) is 0.991. The van der Waals surface area contributed by atoms with Crippen LogP contribution in [0.25, 0.3) is 11.3 Å². The SMILES string of the molecule is CC1CCCC(OC(=O)CCc2ncc(-c3ccccc3)o2)C1. The van der Waals surface area contributed by atoms with Gasteiger partial charge in [-0.25, -0.2) is 4.98 Å². The molecule has 1 aliphatic rings. The van der Waals surface area contributed by atoms with Crippen molar-refractivity contribution in [1.82, 2.24) is 4.98 Å². The van der Waals surface area contributed by atoms with Crippen LogP contribution in [-0.2, 0) is 16.0 Å². The highest BCUT2D eigenvalue weighted by atomic mass is 16.5. The molecule has 0 amide bonds. The summed E-state index contributed by atoms with van der Waals surface area (Å²) in [7, 11) is 0. The Morgan fingerprint density at radius 3 is 2.91 bits per heavy atom. The van der Waals surface area contributed by atoms with Crippen LogP contribution in [0.2, 0.25) is 0 Å². The van der Waals surface area contributed by atoms with E-state index in [0.29, 0.717) is 24.7 Å². The van der Waals surface area contributed by atoms with E-state index in [-0.39, 0.29) is 12.1 Å². The third kappa shape index (κ3) is 4.44. The van der Waals surface area contributed by atoms with Crippen LogP contribution >= 0.6 is 0 Å². The highest BCUT2D eigenvalue weighted by Crippen LogP contribution is 2.26. The van der Waals surface area contributed by atoms with Gasteiger partial charge in [0.2, 0.25) is 0 Å². The van der Waals surface area contributed by atoms with E-state index in [9.17, 15) is 4.79 Å². The van der Waals surface area contributed by atoms with Crippen LogP contribution in [0.1, 0.15) is 44.9 Å². The van der Waals surface area contributed by atoms with Gasteiger partial charge in [0.25, 0.3) is 0 Å². The van der Waals surface area contributed by atoms with Crippen LogP contribution in [0.5, 0.6) is 0 Å². The third-order valence-electron chi connectivity index (χ3n) is 4.34. The number of nitrogens with zero attached hydrogens (tertiary/aromatic N) is 1. The molecule has 2 aromatic rings. The number of aromatic nitrogens is 1. The first kappa shape index (κ1) is 15.8. The number of benzene rings is 1. The maximum atomic E-state index is 12.0. The highest BCUT2D eigenvalue weighted by Gasteiger charge is 2.22. The molecule has 4 nitrogen and oxygen atoms in total. The minimum absolute atomic E-state index is 0.0932. The molecular formula is C19H23NO3. The van der Waals surface area contributed by atoms with Gasteiger partial charge in [-0.2, -0.15) is 0 Å². The summed E-state index contributed by atoms with van der Waals surface area (Å²) in [6.45, 7) is 2.22. The Morgan fingerprint density at radius 2 is 2.13 bits per heavy atom. The van der Waals surface area contributed by atoms with E-state index in [1.54, 1.807) is 6.20 Å². The molecule has 1 saturated carbocycles. The number of rotatable bonds is 5. The number of hydrogen-bond donors (Lipinski definition) is 0. The highest BCUT2D eigenvalue weighted by molar-refractivity contribution is 5.69. The number of aryl methyl sites for hydroxylation is 1. The van der Waals surface area contributed by atoms with Crippen LogP contribution in [0.4, 0.5) is 0 Å². The number of oxazole rings is 1. The predicted octanol–water partition coefficient (Wildman–Crippen LogP) is 4.40. The van der Waals surface area contributed by atoms with Crippen molar-refractivity contribution in [3.8, 4) is 11.3 Å². The summed E-state index contributed by atoms with van der Waals surface area (Å²) in [5.74, 6) is 1.82. The van der Waals surface area contributed by atoms with Crippen molar-refractivity contribution >= 4 is 5.97 Å². The van der Waals surface area contributed by atoms with E-state index in [1.165, 1.54) is 6.42 Å². The molecule has 0 N–H and O–H groups in total. The molecule has 1 aliphatic carbocycles. The molecule has 1 aromatic carbocycles. The quantitative estimate of drug-likeness (QED) is 0.768. The second-order valence-electron chi connectivity index (χ2n) is 6.37. The van der Waals surface area contributed by atoms with E-state index in [2.05, 4.69) is 11.9 Å². The van der Waals surface area contributed by atoms with Crippen molar-refractivity contribution in [2.45, 2.75) is 51.6 Å². The lowest BCUT2D eigenvalue weighted by Crippen LogP contribution is -2.24. The van der Waals surface area contributed by atoms with E-state index in [4.69, 9.17) is 9.15 Å². The zero-order valence-electron chi connectivity index (χ0n) is 13.5. The Balaban J connectivity index is 1.48. The van der Waals surface area contributed by atoms with Crippen molar-refractivity contribution in [2.24, 2.45) is 5.92 Å². The lowest BCUT2D eigenvalue weighted by Gasteiger charge is -2.26. The van der Waals surface area contributed by atoms with Crippen molar-refractivity contribution in [3.05, 3.63) is 42.4 Å². The van der Waals surface area contributed by atoms with Gasteiger partial charge in [-0.05, 0) is 25.2 Å². The summed E-state index contributed by atoms with van der Waals surface area (Å²) in [5, 5.41) is 0. The molecule has 1 heterocycles. The van der Waals surface area contributed by atoms with E-state index in [1.807, 2.05) is 30.3 Å². The molecule has 2 unspecified atom stereocenters. The van der Waals surface area contributed by atoms with Gasteiger partial charge in [0.05, 0.1) is 12.6 Å². The van der Waals surface area contributed by atoms with Crippen molar-refractivity contribution in [2.75, 3.05) is 0 Å². The second kappa shape index (κ2) is 7.44. The van der Waals surface area contributed by atoms with Crippen LogP contribution in [0.15, 0.2) is 40.9 Å². The van der Waals surface area contributed by atoms with E-state index in [0.717, 1.165) is 30.6 Å². The molecule has 4 heteroatoms. The van der Waals surface area contributed by atoms with Gasteiger partial charge in [-0.15, -0.1) is 0 Å². The van der Waals surface area contributed by atoms with Crippen molar-refractivity contribution in [3.63, 3.8) is 0 Å². The standard InChI is InChI=1S/C19H23NO3/c1-14-6-5-9-16(12-14)22-19(21)11-10-18-20-13-17(23-18)15-7-3-2-4-8-15/h2-4,7-8,13-14,16H,5-6,9-12H2,1H3. The Labute approximate surface area is 136 Å². The average Bonchev–Trinajstić information content (AvgIpc) is 3.03. The molecule has 0 spiro atoms. The molecular weight excluding hydrogens is 290 g/mol. The topological polar surface area (TPSA) is 52.3 Å². The van der Waals surface area contributed by atoms with Gasteiger partial charge in [-0.3, -0.25) is 4.79 Å². The Kier molecular flexibility index (Phi) is 5.11. The monoisotopic (exact) mass is 313 g/mol. The Hall–Kier alpha value is -2.10. The van der Waals surface area contributed by atoms with Crippen LogP contribution in [-0.4, -0.2) is 17.1 Å². The number of hydrogen-bond acceptors (Lipinski definition) is 4. The summed E-state index contributed by atoms with van der Waals surface area (Å²) in [6.07, 6.45) is 6.98. The Morgan fingerprint density at radius 1 is 1.30 bits per heavy atom.